The summed E-state index contributed by atoms with van der Waals surface area (Å²) in [5.41, 5.74) is -0.136. The molecule has 1 fully saturated rings. The molecule has 0 amide bonds. The summed E-state index contributed by atoms with van der Waals surface area (Å²) in [6.07, 6.45) is 1.78. The smallest absolute Gasteiger partial charge is 0.154 e. The average Bonchev–Trinajstić information content (AvgIpc) is 2.33. The highest BCUT2D eigenvalue weighted by molar-refractivity contribution is 7.92. The van der Waals surface area contributed by atoms with Crippen molar-refractivity contribution in [3.8, 4) is 0 Å². The van der Waals surface area contributed by atoms with Crippen molar-refractivity contribution >= 4 is 21.4 Å². The van der Waals surface area contributed by atoms with E-state index >= 15 is 0 Å². The van der Waals surface area contributed by atoms with Gasteiger partial charge in [-0.3, -0.25) is 0 Å². The van der Waals surface area contributed by atoms with Crippen LogP contribution in [0.3, 0.4) is 0 Å². The van der Waals surface area contributed by atoms with Crippen LogP contribution in [-0.4, -0.2) is 24.8 Å². The van der Waals surface area contributed by atoms with Gasteiger partial charge in [-0.1, -0.05) is 12.5 Å². The van der Waals surface area contributed by atoms with Gasteiger partial charge in [0.2, 0.25) is 0 Å². The van der Waals surface area contributed by atoms with Crippen LogP contribution >= 0.6 is 11.6 Å². The fraction of sp³-hybridized carbons (Fsp3) is 0.538. The van der Waals surface area contributed by atoms with Gasteiger partial charge < -0.3 is 0 Å². The molecule has 2 atom stereocenters. The summed E-state index contributed by atoms with van der Waals surface area (Å²) in [5, 5.41) is -1.50. The Morgan fingerprint density at radius 3 is 2.47 bits per heavy atom. The van der Waals surface area contributed by atoms with Gasteiger partial charge in [0.15, 0.2) is 9.84 Å². The lowest BCUT2D eigenvalue weighted by molar-refractivity contribution is 0.514. The van der Waals surface area contributed by atoms with Crippen LogP contribution in [0.2, 0.25) is 0 Å². The molecule has 6 heteroatoms. The van der Waals surface area contributed by atoms with Crippen molar-refractivity contribution in [1.29, 1.82) is 0 Å². The molecule has 2 unspecified atom stereocenters. The molecule has 0 spiro atoms. The molecule has 0 aliphatic carbocycles. The van der Waals surface area contributed by atoms with E-state index in [0.29, 0.717) is 12.8 Å². The Bertz CT molecular complexity index is 540. The van der Waals surface area contributed by atoms with Crippen molar-refractivity contribution in [3.63, 3.8) is 0 Å². The third kappa shape index (κ3) is 3.26. The lowest BCUT2D eigenvalue weighted by Crippen LogP contribution is -2.37. The second kappa shape index (κ2) is 5.75. The molecule has 1 aliphatic heterocycles. The van der Waals surface area contributed by atoms with Gasteiger partial charge in [-0.25, -0.2) is 17.2 Å². The highest BCUT2D eigenvalue weighted by atomic mass is 35.5. The first-order chi connectivity index (χ1) is 8.92. The minimum Gasteiger partial charge on any atom is -0.228 e. The van der Waals surface area contributed by atoms with E-state index < -0.39 is 32.1 Å². The van der Waals surface area contributed by atoms with Gasteiger partial charge >= 0.3 is 0 Å². The van der Waals surface area contributed by atoms with Gasteiger partial charge in [0.1, 0.15) is 11.6 Å². The van der Waals surface area contributed by atoms with E-state index in [2.05, 4.69) is 0 Å². The van der Waals surface area contributed by atoms with Crippen molar-refractivity contribution in [2.24, 2.45) is 0 Å². The van der Waals surface area contributed by atoms with E-state index in [9.17, 15) is 17.2 Å². The first-order valence-corrected chi connectivity index (χ1v) is 8.35. The number of hydrogen-bond acceptors (Lipinski definition) is 2. The Labute approximate surface area is 116 Å². The monoisotopic (exact) mass is 308 g/mol. The zero-order valence-electron chi connectivity index (χ0n) is 10.3. The van der Waals surface area contributed by atoms with E-state index in [1.54, 1.807) is 0 Å². The van der Waals surface area contributed by atoms with Crippen molar-refractivity contribution in [3.05, 3.63) is 35.4 Å². The van der Waals surface area contributed by atoms with Crippen LogP contribution < -0.4 is 0 Å². The van der Waals surface area contributed by atoms with E-state index in [-0.39, 0.29) is 17.7 Å². The van der Waals surface area contributed by atoms with Crippen molar-refractivity contribution in [2.75, 3.05) is 5.75 Å². The van der Waals surface area contributed by atoms with Crippen LogP contribution in [-0.2, 0) is 16.3 Å². The maximum Gasteiger partial charge on any atom is 0.154 e. The minimum absolute atomic E-state index is 0.107. The fourth-order valence-electron chi connectivity index (χ4n) is 2.44. The summed E-state index contributed by atoms with van der Waals surface area (Å²) in [7, 11) is -3.25. The predicted octanol–water partition coefficient (Wildman–Crippen LogP) is 3.08. The number of alkyl halides is 1. The molecule has 0 saturated carbocycles. The number of sulfone groups is 1. The molecule has 1 aromatic carbocycles. The third-order valence-corrected chi connectivity index (χ3v) is 6.45. The number of benzene rings is 1. The summed E-state index contributed by atoms with van der Waals surface area (Å²) >= 11 is 6.11. The lowest BCUT2D eigenvalue weighted by atomic mass is 10.0. The molecule has 106 valence electrons. The Morgan fingerprint density at radius 1 is 1.26 bits per heavy atom. The summed E-state index contributed by atoms with van der Waals surface area (Å²) in [6, 6.07) is 3.57. The number of hydrogen-bond donors (Lipinski definition) is 0. The van der Waals surface area contributed by atoms with Crippen molar-refractivity contribution in [1.82, 2.24) is 0 Å². The zero-order valence-corrected chi connectivity index (χ0v) is 11.9. The molecule has 1 heterocycles. The van der Waals surface area contributed by atoms with Crippen LogP contribution in [0.1, 0.15) is 24.8 Å². The van der Waals surface area contributed by atoms with Crippen LogP contribution in [0.4, 0.5) is 8.78 Å². The summed E-state index contributed by atoms with van der Waals surface area (Å²) in [6.45, 7) is 0. The predicted molar refractivity (Wildman–Crippen MR) is 71.1 cm³/mol. The topological polar surface area (TPSA) is 34.1 Å². The number of halogens is 3. The maximum atomic E-state index is 13.5. The molecule has 0 radical (unpaired) electrons. The number of rotatable bonds is 3. The van der Waals surface area contributed by atoms with E-state index in [4.69, 9.17) is 11.6 Å². The summed E-state index contributed by atoms with van der Waals surface area (Å²) < 4.78 is 50.9. The summed E-state index contributed by atoms with van der Waals surface area (Å²) in [4.78, 5) is 0. The second-order valence-electron chi connectivity index (χ2n) is 4.82. The van der Waals surface area contributed by atoms with Crippen LogP contribution in [0.5, 0.6) is 0 Å². The molecule has 1 aromatic rings. The molecule has 2 nitrogen and oxygen atoms in total. The average molecular weight is 309 g/mol. The molecule has 0 aromatic heterocycles. The maximum absolute atomic E-state index is 13.5. The Morgan fingerprint density at radius 2 is 1.89 bits per heavy atom. The lowest BCUT2D eigenvalue weighted by Gasteiger charge is -2.26. The fourth-order valence-corrected chi connectivity index (χ4v) is 5.17. The first-order valence-electron chi connectivity index (χ1n) is 6.20. The summed E-state index contributed by atoms with van der Waals surface area (Å²) in [5.74, 6) is -1.25. The molecule has 0 bridgehead atoms. The van der Waals surface area contributed by atoms with Gasteiger partial charge in [-0.2, -0.15) is 0 Å². The molecular weight excluding hydrogens is 294 g/mol. The Kier molecular flexibility index (Phi) is 4.46. The van der Waals surface area contributed by atoms with Crippen molar-refractivity contribution < 1.29 is 17.2 Å². The highest BCUT2D eigenvalue weighted by Gasteiger charge is 2.35. The van der Waals surface area contributed by atoms with Crippen LogP contribution in [0.15, 0.2) is 18.2 Å². The molecule has 2 rings (SSSR count). The molecule has 1 saturated heterocycles. The Balaban J connectivity index is 2.19. The SMILES string of the molecule is O=S1(=O)CCCCC1C(Cl)Cc1c(F)cccc1F. The largest absolute Gasteiger partial charge is 0.228 e. The van der Waals surface area contributed by atoms with E-state index in [0.717, 1.165) is 18.6 Å². The first kappa shape index (κ1) is 14.7. The molecule has 0 N–H and O–H groups in total. The van der Waals surface area contributed by atoms with Gasteiger partial charge in [0, 0.05) is 5.56 Å². The Hall–Kier alpha value is -0.680. The second-order valence-corrected chi connectivity index (χ2v) is 7.72. The van der Waals surface area contributed by atoms with Crippen molar-refractivity contribution in [2.45, 2.75) is 36.3 Å². The quantitative estimate of drug-likeness (QED) is 0.804. The molecule has 1 aliphatic rings. The van der Waals surface area contributed by atoms with Gasteiger partial charge in [-0.15, -0.1) is 11.6 Å². The normalized spacial score (nSPS) is 24.1. The standard InChI is InChI=1S/C13H15ClF2O2S/c14-10(13-6-1-2-7-19(13,17)18)8-9-11(15)4-3-5-12(9)16/h3-5,10,13H,1-2,6-8H2. The molecular formula is C13H15ClF2O2S. The van der Waals surface area contributed by atoms with E-state index in [1.165, 1.54) is 6.07 Å². The van der Waals surface area contributed by atoms with Crippen LogP contribution in [0, 0.1) is 11.6 Å². The third-order valence-electron chi connectivity index (χ3n) is 3.49. The highest BCUT2D eigenvalue weighted by Crippen LogP contribution is 2.28. The van der Waals surface area contributed by atoms with E-state index in [1.807, 2.05) is 0 Å². The van der Waals surface area contributed by atoms with Crippen LogP contribution in [0.25, 0.3) is 0 Å². The van der Waals surface area contributed by atoms with Gasteiger partial charge in [-0.05, 0) is 31.4 Å². The minimum atomic E-state index is -3.25. The van der Waals surface area contributed by atoms with Gasteiger partial charge in [0.25, 0.3) is 0 Å². The van der Waals surface area contributed by atoms with Gasteiger partial charge in [0.05, 0.1) is 16.4 Å². The molecule has 19 heavy (non-hydrogen) atoms. The zero-order chi connectivity index (χ0) is 14.0.